The molecule has 0 amide bonds. The Bertz CT molecular complexity index is 670. The van der Waals surface area contributed by atoms with Crippen LogP contribution in [0.3, 0.4) is 0 Å². The Balaban J connectivity index is 2.30. The van der Waals surface area contributed by atoms with Gasteiger partial charge in [0.05, 0.1) is 10.7 Å². The molecule has 0 spiro atoms. The van der Waals surface area contributed by atoms with Crippen LogP contribution in [0.25, 0.3) is 0 Å². The van der Waals surface area contributed by atoms with Crippen molar-refractivity contribution >= 4 is 9.84 Å². The number of allylic oxidation sites excluding steroid dienone is 2. The number of hydrogen-bond donors (Lipinski definition) is 2. The predicted molar refractivity (Wildman–Crippen MR) is 67.3 cm³/mol. The molecule has 0 radical (unpaired) electrons. The van der Waals surface area contributed by atoms with Gasteiger partial charge in [0.1, 0.15) is 11.5 Å². The summed E-state index contributed by atoms with van der Waals surface area (Å²) in [7, 11) is -3.18. The van der Waals surface area contributed by atoms with Gasteiger partial charge in [-0.25, -0.2) is 8.42 Å². The van der Waals surface area contributed by atoms with E-state index in [9.17, 15) is 18.6 Å². The molecule has 3 rings (SSSR count). The molecule has 1 heterocycles. The molecule has 0 unspecified atom stereocenters. The van der Waals surface area contributed by atoms with Crippen LogP contribution in [-0.2, 0) is 16.3 Å². The third kappa shape index (κ3) is 1.40. The monoisotopic (exact) mass is 266 g/mol. The Morgan fingerprint density at radius 1 is 1.22 bits per heavy atom. The third-order valence-electron chi connectivity index (χ3n) is 3.85. The first-order valence-corrected chi connectivity index (χ1v) is 7.53. The van der Waals surface area contributed by atoms with Crippen LogP contribution in [0.1, 0.15) is 30.4 Å². The van der Waals surface area contributed by atoms with Crippen molar-refractivity contribution < 1.29 is 18.6 Å². The second-order valence-electron chi connectivity index (χ2n) is 4.98. The number of benzene rings is 1. The van der Waals surface area contributed by atoms with Gasteiger partial charge in [-0.15, -0.1) is 0 Å². The summed E-state index contributed by atoms with van der Waals surface area (Å²) in [5.74, 6) is 0.0463. The zero-order valence-corrected chi connectivity index (χ0v) is 10.8. The van der Waals surface area contributed by atoms with Crippen molar-refractivity contribution in [1.29, 1.82) is 0 Å². The SMILES string of the molecule is CC1=C2[C@@H](CCS2(=O)=O)c2c(O)ccc(O)c2C1. The molecular weight excluding hydrogens is 252 g/mol. The zero-order valence-electron chi connectivity index (χ0n) is 9.97. The first-order valence-electron chi connectivity index (χ1n) is 5.88. The van der Waals surface area contributed by atoms with Crippen LogP contribution in [0, 0.1) is 0 Å². The minimum absolute atomic E-state index is 0.0786. The van der Waals surface area contributed by atoms with Crippen molar-refractivity contribution in [2.24, 2.45) is 0 Å². The molecule has 5 heteroatoms. The smallest absolute Gasteiger partial charge is 0.175 e. The van der Waals surface area contributed by atoms with E-state index in [4.69, 9.17) is 0 Å². The van der Waals surface area contributed by atoms with E-state index in [0.29, 0.717) is 28.9 Å². The highest BCUT2D eigenvalue weighted by Crippen LogP contribution is 2.50. The largest absolute Gasteiger partial charge is 0.508 e. The first-order chi connectivity index (χ1) is 8.42. The van der Waals surface area contributed by atoms with Crippen molar-refractivity contribution in [2.45, 2.75) is 25.7 Å². The lowest BCUT2D eigenvalue weighted by molar-refractivity contribution is 0.444. The topological polar surface area (TPSA) is 74.6 Å². The fourth-order valence-corrected chi connectivity index (χ4v) is 5.18. The van der Waals surface area contributed by atoms with Gasteiger partial charge in [-0.2, -0.15) is 0 Å². The predicted octanol–water partition coefficient (Wildman–Crippen LogP) is 1.83. The molecular formula is C13H14O4S. The van der Waals surface area contributed by atoms with E-state index in [1.54, 1.807) is 6.92 Å². The van der Waals surface area contributed by atoms with Crippen molar-refractivity contribution in [2.75, 3.05) is 5.75 Å². The van der Waals surface area contributed by atoms with Gasteiger partial charge in [0.15, 0.2) is 9.84 Å². The lowest BCUT2D eigenvalue weighted by Crippen LogP contribution is -2.13. The van der Waals surface area contributed by atoms with Crippen LogP contribution in [-0.4, -0.2) is 24.4 Å². The molecule has 0 bridgehead atoms. The molecule has 0 aromatic heterocycles. The van der Waals surface area contributed by atoms with Crippen molar-refractivity contribution in [3.05, 3.63) is 33.7 Å². The average molecular weight is 266 g/mol. The molecule has 1 fully saturated rings. The van der Waals surface area contributed by atoms with E-state index < -0.39 is 9.84 Å². The van der Waals surface area contributed by atoms with Gasteiger partial charge in [0.2, 0.25) is 0 Å². The van der Waals surface area contributed by atoms with Crippen molar-refractivity contribution in [3.63, 3.8) is 0 Å². The maximum atomic E-state index is 12.0. The lowest BCUT2D eigenvalue weighted by Gasteiger charge is -2.25. The highest BCUT2D eigenvalue weighted by molar-refractivity contribution is 7.95. The van der Waals surface area contributed by atoms with E-state index in [2.05, 4.69) is 0 Å². The van der Waals surface area contributed by atoms with Crippen LogP contribution >= 0.6 is 0 Å². The van der Waals surface area contributed by atoms with Gasteiger partial charge in [-0.05, 0) is 31.9 Å². The number of sulfone groups is 1. The molecule has 1 aliphatic carbocycles. The van der Waals surface area contributed by atoms with Gasteiger partial charge < -0.3 is 10.2 Å². The molecule has 2 N–H and O–H groups in total. The highest BCUT2D eigenvalue weighted by Gasteiger charge is 2.42. The van der Waals surface area contributed by atoms with E-state index in [1.165, 1.54) is 12.1 Å². The summed E-state index contributed by atoms with van der Waals surface area (Å²) in [5.41, 5.74) is 2.04. The van der Waals surface area contributed by atoms with Gasteiger partial charge in [0, 0.05) is 17.0 Å². The van der Waals surface area contributed by atoms with Crippen LogP contribution in [0.2, 0.25) is 0 Å². The molecule has 0 saturated carbocycles. The quantitative estimate of drug-likeness (QED) is 0.702. The minimum Gasteiger partial charge on any atom is -0.508 e. The van der Waals surface area contributed by atoms with Gasteiger partial charge >= 0.3 is 0 Å². The number of phenols is 2. The third-order valence-corrected chi connectivity index (χ3v) is 5.92. The fourth-order valence-electron chi connectivity index (χ4n) is 3.14. The number of hydrogen-bond acceptors (Lipinski definition) is 4. The molecule has 1 aliphatic heterocycles. The summed E-state index contributed by atoms with van der Waals surface area (Å²) < 4.78 is 24.0. The van der Waals surface area contributed by atoms with Crippen LogP contribution < -0.4 is 0 Å². The highest BCUT2D eigenvalue weighted by atomic mass is 32.2. The molecule has 1 saturated heterocycles. The van der Waals surface area contributed by atoms with Crippen molar-refractivity contribution in [3.8, 4) is 11.5 Å². The average Bonchev–Trinajstić information content (AvgIpc) is 2.61. The second kappa shape index (κ2) is 3.51. The Labute approximate surface area is 105 Å². The van der Waals surface area contributed by atoms with Crippen LogP contribution in [0.15, 0.2) is 22.6 Å². The normalized spacial score (nSPS) is 24.8. The van der Waals surface area contributed by atoms with Crippen LogP contribution in [0.4, 0.5) is 0 Å². The summed E-state index contributed by atoms with van der Waals surface area (Å²) in [6.45, 7) is 1.79. The molecule has 1 aromatic carbocycles. The first kappa shape index (κ1) is 11.6. The van der Waals surface area contributed by atoms with Crippen molar-refractivity contribution in [1.82, 2.24) is 0 Å². The summed E-state index contributed by atoms with van der Waals surface area (Å²) in [6.07, 6.45) is 0.875. The molecule has 96 valence electrons. The van der Waals surface area contributed by atoms with Crippen LogP contribution in [0.5, 0.6) is 11.5 Å². The Morgan fingerprint density at radius 3 is 2.61 bits per heavy atom. The molecule has 4 nitrogen and oxygen atoms in total. The molecule has 1 aromatic rings. The Hall–Kier alpha value is -1.49. The number of fused-ring (bicyclic) bond motifs is 3. The molecule has 2 aliphatic rings. The molecule has 18 heavy (non-hydrogen) atoms. The Morgan fingerprint density at radius 2 is 1.89 bits per heavy atom. The summed E-state index contributed by atoms with van der Waals surface area (Å²) in [4.78, 5) is 0.455. The maximum absolute atomic E-state index is 12.0. The van der Waals surface area contributed by atoms with E-state index in [1.807, 2.05) is 0 Å². The lowest BCUT2D eigenvalue weighted by atomic mass is 9.82. The van der Waals surface area contributed by atoms with Gasteiger partial charge in [0.25, 0.3) is 0 Å². The summed E-state index contributed by atoms with van der Waals surface area (Å²) in [5, 5.41) is 19.8. The fraction of sp³-hybridized carbons (Fsp3) is 0.385. The Kier molecular flexibility index (Phi) is 2.26. The standard InChI is InChI=1S/C13H14O4S/c1-7-6-9-10(14)2-3-11(15)12(9)8-4-5-18(16,17)13(7)8/h2-3,8,14-15H,4-6H2,1H3/t8-/m0/s1. The zero-order chi connectivity index (χ0) is 13.1. The minimum atomic E-state index is -3.18. The maximum Gasteiger partial charge on any atom is 0.175 e. The van der Waals surface area contributed by atoms with Gasteiger partial charge in [-0.1, -0.05) is 5.57 Å². The summed E-state index contributed by atoms with van der Waals surface area (Å²) >= 11 is 0. The van der Waals surface area contributed by atoms with Gasteiger partial charge in [-0.3, -0.25) is 0 Å². The molecule has 1 atom stereocenters. The number of rotatable bonds is 0. The number of phenolic OH excluding ortho intramolecular Hbond substituents is 2. The van der Waals surface area contributed by atoms with E-state index in [0.717, 1.165) is 5.57 Å². The second-order valence-corrected chi connectivity index (χ2v) is 7.06. The number of aromatic hydroxyl groups is 2. The van der Waals surface area contributed by atoms with E-state index in [-0.39, 0.29) is 23.2 Å². The summed E-state index contributed by atoms with van der Waals surface area (Å²) in [6, 6.07) is 2.88. The van der Waals surface area contributed by atoms with E-state index >= 15 is 0 Å².